The molecule has 0 amide bonds. The minimum Gasteiger partial charge on any atom is -0.491 e. The van der Waals surface area contributed by atoms with Crippen LogP contribution in [0, 0.1) is 0 Å². The fourth-order valence-electron chi connectivity index (χ4n) is 1.68. The maximum atomic E-state index is 5.86. The molecule has 2 N–H and O–H groups in total. The van der Waals surface area contributed by atoms with E-state index in [9.17, 15) is 0 Å². The maximum Gasteiger partial charge on any atom is 0.145 e. The Labute approximate surface area is 114 Å². The lowest BCUT2D eigenvalue weighted by molar-refractivity contribution is 0.295. The molecule has 0 atom stereocenters. The second-order valence-electron chi connectivity index (χ2n) is 4.32. The van der Waals surface area contributed by atoms with Gasteiger partial charge < -0.3 is 15.2 Å². The van der Waals surface area contributed by atoms with E-state index >= 15 is 0 Å². The number of ether oxygens (including phenoxy) is 2. The summed E-state index contributed by atoms with van der Waals surface area (Å²) in [5, 5.41) is 0. The molecule has 0 aromatic heterocycles. The van der Waals surface area contributed by atoms with Crippen LogP contribution in [0.1, 0.15) is 18.9 Å². The van der Waals surface area contributed by atoms with E-state index < -0.39 is 0 Å². The van der Waals surface area contributed by atoms with Crippen LogP contribution in [0.5, 0.6) is 11.5 Å². The third-order valence-corrected chi connectivity index (χ3v) is 2.70. The van der Waals surface area contributed by atoms with E-state index in [4.69, 9.17) is 15.2 Å². The molecule has 19 heavy (non-hydrogen) atoms. The quantitative estimate of drug-likeness (QED) is 0.803. The van der Waals surface area contributed by atoms with Gasteiger partial charge in [0.05, 0.1) is 12.3 Å². The van der Waals surface area contributed by atoms with E-state index in [0.717, 1.165) is 17.7 Å². The molecule has 3 heteroatoms. The minimum atomic E-state index is 0.540. The molecule has 0 fully saturated rings. The van der Waals surface area contributed by atoms with E-state index in [1.165, 1.54) is 0 Å². The lowest BCUT2D eigenvalue weighted by Gasteiger charge is -2.11. The summed E-state index contributed by atoms with van der Waals surface area (Å²) in [6, 6.07) is 15.6. The Morgan fingerprint density at radius 1 is 1.00 bits per heavy atom. The Hall–Kier alpha value is -2.16. The van der Waals surface area contributed by atoms with Crippen molar-refractivity contribution in [1.29, 1.82) is 0 Å². The second kappa shape index (κ2) is 6.69. The van der Waals surface area contributed by atoms with E-state index in [1.54, 1.807) is 0 Å². The van der Waals surface area contributed by atoms with Crippen LogP contribution in [0.25, 0.3) is 0 Å². The smallest absolute Gasteiger partial charge is 0.145 e. The highest BCUT2D eigenvalue weighted by molar-refractivity contribution is 5.55. The van der Waals surface area contributed by atoms with Gasteiger partial charge in [-0.3, -0.25) is 0 Å². The van der Waals surface area contributed by atoms with Gasteiger partial charge in [0.15, 0.2) is 0 Å². The van der Waals surface area contributed by atoms with Crippen LogP contribution in [-0.2, 0) is 6.61 Å². The van der Waals surface area contributed by atoms with Gasteiger partial charge >= 0.3 is 0 Å². The monoisotopic (exact) mass is 257 g/mol. The third-order valence-electron chi connectivity index (χ3n) is 2.70. The molecule has 2 rings (SSSR count). The van der Waals surface area contributed by atoms with Gasteiger partial charge in [0.1, 0.15) is 18.1 Å². The maximum absolute atomic E-state index is 5.86. The van der Waals surface area contributed by atoms with E-state index in [-0.39, 0.29) is 0 Å². The number of nitrogen functional groups attached to an aromatic ring is 1. The molecule has 0 aliphatic heterocycles. The lowest BCUT2D eigenvalue weighted by atomic mass is 10.2. The zero-order valence-electron chi connectivity index (χ0n) is 11.1. The number of rotatable bonds is 6. The van der Waals surface area contributed by atoms with Gasteiger partial charge in [-0.1, -0.05) is 37.3 Å². The summed E-state index contributed by atoms with van der Waals surface area (Å²) < 4.78 is 11.3. The first kappa shape index (κ1) is 13.3. The number of hydrogen-bond acceptors (Lipinski definition) is 3. The summed E-state index contributed by atoms with van der Waals surface area (Å²) in [6.07, 6.45) is 0.953. The Kier molecular flexibility index (Phi) is 4.67. The molecule has 2 aromatic carbocycles. The van der Waals surface area contributed by atoms with Crippen LogP contribution in [-0.4, -0.2) is 6.61 Å². The molecule has 0 radical (unpaired) electrons. The predicted molar refractivity (Wildman–Crippen MR) is 77.4 cm³/mol. The average Bonchev–Trinajstić information content (AvgIpc) is 2.46. The first-order valence-electron chi connectivity index (χ1n) is 6.48. The second-order valence-corrected chi connectivity index (χ2v) is 4.32. The fourth-order valence-corrected chi connectivity index (χ4v) is 1.68. The topological polar surface area (TPSA) is 44.5 Å². The predicted octanol–water partition coefficient (Wildman–Crippen LogP) is 3.64. The molecule has 2 aromatic rings. The van der Waals surface area contributed by atoms with Crippen LogP contribution in [0.3, 0.4) is 0 Å². The summed E-state index contributed by atoms with van der Waals surface area (Å²) in [5.41, 5.74) is 7.63. The third kappa shape index (κ3) is 3.91. The molecular formula is C16H19NO2. The molecule has 0 bridgehead atoms. The molecule has 0 heterocycles. The molecule has 0 spiro atoms. The van der Waals surface area contributed by atoms with Crippen molar-refractivity contribution in [3.8, 4) is 11.5 Å². The highest BCUT2D eigenvalue weighted by Gasteiger charge is 2.03. The summed E-state index contributed by atoms with van der Waals surface area (Å²) >= 11 is 0. The highest BCUT2D eigenvalue weighted by Crippen LogP contribution is 2.27. The van der Waals surface area contributed by atoms with Crippen molar-refractivity contribution >= 4 is 5.69 Å². The first-order chi connectivity index (χ1) is 9.29. The summed E-state index contributed by atoms with van der Waals surface area (Å²) in [7, 11) is 0. The van der Waals surface area contributed by atoms with Crippen molar-refractivity contribution < 1.29 is 9.47 Å². The van der Waals surface area contributed by atoms with Gasteiger partial charge in [0.2, 0.25) is 0 Å². The largest absolute Gasteiger partial charge is 0.491 e. The fraction of sp³-hybridized carbons (Fsp3) is 0.250. The number of anilines is 1. The van der Waals surface area contributed by atoms with Crippen LogP contribution in [0.15, 0.2) is 48.5 Å². The van der Waals surface area contributed by atoms with Crippen molar-refractivity contribution in [2.24, 2.45) is 0 Å². The lowest BCUT2D eigenvalue weighted by Crippen LogP contribution is -2.00. The van der Waals surface area contributed by atoms with Crippen LogP contribution in [0.2, 0.25) is 0 Å². The van der Waals surface area contributed by atoms with Crippen LogP contribution >= 0.6 is 0 Å². The van der Waals surface area contributed by atoms with Gasteiger partial charge in [-0.05, 0) is 24.1 Å². The van der Waals surface area contributed by atoms with Crippen LogP contribution in [0.4, 0.5) is 5.69 Å². The zero-order valence-corrected chi connectivity index (χ0v) is 11.1. The van der Waals surface area contributed by atoms with Crippen LogP contribution < -0.4 is 15.2 Å². The normalized spacial score (nSPS) is 10.2. The molecule has 0 saturated carbocycles. The average molecular weight is 257 g/mol. The minimum absolute atomic E-state index is 0.540. The van der Waals surface area contributed by atoms with Gasteiger partial charge in [0, 0.05) is 6.07 Å². The summed E-state index contributed by atoms with van der Waals surface area (Å²) in [6.45, 7) is 3.26. The molecule has 0 aliphatic carbocycles. The number of benzene rings is 2. The Bertz CT molecular complexity index is 511. The molecule has 100 valence electrons. The van der Waals surface area contributed by atoms with Crippen molar-refractivity contribution in [1.82, 2.24) is 0 Å². The highest BCUT2D eigenvalue weighted by atomic mass is 16.5. The standard InChI is InChI=1S/C16H19NO2/c1-2-10-18-16-11-14(8-9-15(16)17)19-12-13-6-4-3-5-7-13/h3-9,11H,2,10,12,17H2,1H3. The van der Waals surface area contributed by atoms with Gasteiger partial charge in [-0.25, -0.2) is 0 Å². The van der Waals surface area contributed by atoms with E-state index in [1.807, 2.05) is 48.5 Å². The Morgan fingerprint density at radius 2 is 1.79 bits per heavy atom. The van der Waals surface area contributed by atoms with Gasteiger partial charge in [0.25, 0.3) is 0 Å². The van der Waals surface area contributed by atoms with Gasteiger partial charge in [-0.2, -0.15) is 0 Å². The van der Waals surface area contributed by atoms with E-state index in [0.29, 0.717) is 24.7 Å². The number of nitrogens with two attached hydrogens (primary N) is 1. The molecule has 3 nitrogen and oxygen atoms in total. The van der Waals surface area contributed by atoms with E-state index in [2.05, 4.69) is 6.92 Å². The van der Waals surface area contributed by atoms with Crippen molar-refractivity contribution in [3.05, 3.63) is 54.1 Å². The summed E-state index contributed by atoms with van der Waals surface area (Å²) in [5.74, 6) is 1.46. The SMILES string of the molecule is CCCOc1cc(OCc2ccccc2)ccc1N. The van der Waals surface area contributed by atoms with Crippen molar-refractivity contribution in [3.63, 3.8) is 0 Å². The van der Waals surface area contributed by atoms with Crippen molar-refractivity contribution in [2.75, 3.05) is 12.3 Å². The Balaban J connectivity index is 2.00. The molecule has 0 aliphatic rings. The number of hydrogen-bond donors (Lipinski definition) is 1. The zero-order chi connectivity index (χ0) is 13.5. The molecule has 0 saturated heterocycles. The summed E-state index contributed by atoms with van der Waals surface area (Å²) in [4.78, 5) is 0. The van der Waals surface area contributed by atoms with Gasteiger partial charge in [-0.15, -0.1) is 0 Å². The first-order valence-corrected chi connectivity index (χ1v) is 6.48. The molecular weight excluding hydrogens is 238 g/mol. The Morgan fingerprint density at radius 3 is 2.53 bits per heavy atom. The van der Waals surface area contributed by atoms with Crippen molar-refractivity contribution in [2.45, 2.75) is 20.0 Å². The molecule has 0 unspecified atom stereocenters.